The molecule has 134 valence electrons. The standard InChI is InChI=1S/C20H20N2O3S/c1-12-13(2)26-20(21-12)22-19(23)18-9-8-17(25-18)11-24-16-7-6-14-4-3-5-15(14)10-16/h6-10H,3-5,11H2,1-2H3,(H,21,22,23). The van der Waals surface area contributed by atoms with Crippen molar-refractivity contribution >= 4 is 22.4 Å². The Morgan fingerprint density at radius 3 is 2.88 bits per heavy atom. The van der Waals surface area contributed by atoms with Crippen LogP contribution in [0.2, 0.25) is 0 Å². The molecular weight excluding hydrogens is 348 g/mol. The summed E-state index contributed by atoms with van der Waals surface area (Å²) in [4.78, 5) is 17.7. The number of furan rings is 1. The highest BCUT2D eigenvalue weighted by molar-refractivity contribution is 7.15. The minimum atomic E-state index is -0.303. The number of hydrogen-bond acceptors (Lipinski definition) is 5. The number of aryl methyl sites for hydroxylation is 4. The molecule has 2 aromatic heterocycles. The molecule has 1 aliphatic rings. The summed E-state index contributed by atoms with van der Waals surface area (Å²) in [6.45, 7) is 4.19. The lowest BCUT2D eigenvalue weighted by Crippen LogP contribution is -2.10. The number of hydrogen-bond donors (Lipinski definition) is 1. The number of thiazole rings is 1. The zero-order chi connectivity index (χ0) is 18.1. The number of nitrogens with zero attached hydrogens (tertiary/aromatic N) is 1. The molecule has 5 nitrogen and oxygen atoms in total. The summed E-state index contributed by atoms with van der Waals surface area (Å²) in [6.07, 6.45) is 3.49. The molecule has 0 unspecified atom stereocenters. The molecule has 0 saturated heterocycles. The Hall–Kier alpha value is -2.60. The molecule has 1 aromatic carbocycles. The zero-order valence-corrected chi connectivity index (χ0v) is 15.6. The minimum absolute atomic E-state index is 0.253. The molecule has 0 radical (unpaired) electrons. The van der Waals surface area contributed by atoms with Crippen molar-refractivity contribution in [3.8, 4) is 5.75 Å². The predicted molar refractivity (Wildman–Crippen MR) is 101 cm³/mol. The van der Waals surface area contributed by atoms with Gasteiger partial charge in [-0.3, -0.25) is 10.1 Å². The first-order chi connectivity index (χ1) is 12.6. The lowest BCUT2D eigenvalue weighted by Gasteiger charge is -2.06. The topological polar surface area (TPSA) is 64.4 Å². The number of fused-ring (bicyclic) bond motifs is 1. The first-order valence-corrected chi connectivity index (χ1v) is 9.49. The molecule has 1 aliphatic carbocycles. The van der Waals surface area contributed by atoms with E-state index in [-0.39, 0.29) is 11.7 Å². The van der Waals surface area contributed by atoms with Gasteiger partial charge >= 0.3 is 0 Å². The second-order valence-corrected chi connectivity index (χ2v) is 7.66. The third-order valence-electron chi connectivity index (χ3n) is 4.59. The number of anilines is 1. The Bertz CT molecular complexity index is 938. The van der Waals surface area contributed by atoms with E-state index in [4.69, 9.17) is 9.15 Å². The molecule has 3 aromatic rings. The van der Waals surface area contributed by atoms with Crippen molar-refractivity contribution in [1.29, 1.82) is 0 Å². The van der Waals surface area contributed by atoms with Gasteiger partial charge in [-0.25, -0.2) is 4.98 Å². The van der Waals surface area contributed by atoms with Crippen LogP contribution in [0.25, 0.3) is 0 Å². The fourth-order valence-corrected chi connectivity index (χ4v) is 3.86. The Morgan fingerprint density at radius 2 is 2.08 bits per heavy atom. The molecule has 0 bridgehead atoms. The molecule has 0 aliphatic heterocycles. The van der Waals surface area contributed by atoms with Gasteiger partial charge in [-0.15, -0.1) is 11.3 Å². The number of benzene rings is 1. The van der Waals surface area contributed by atoms with E-state index in [2.05, 4.69) is 22.4 Å². The molecule has 1 amide bonds. The largest absolute Gasteiger partial charge is 0.486 e. The molecule has 2 heterocycles. The fraction of sp³-hybridized carbons (Fsp3) is 0.300. The van der Waals surface area contributed by atoms with E-state index in [0.29, 0.717) is 17.5 Å². The zero-order valence-electron chi connectivity index (χ0n) is 14.8. The van der Waals surface area contributed by atoms with E-state index in [9.17, 15) is 4.79 Å². The molecular formula is C20H20N2O3S. The highest BCUT2D eigenvalue weighted by Crippen LogP contribution is 2.27. The molecule has 0 spiro atoms. The minimum Gasteiger partial charge on any atom is -0.486 e. The lowest BCUT2D eigenvalue weighted by molar-refractivity contribution is 0.0992. The van der Waals surface area contributed by atoms with Crippen molar-refractivity contribution in [3.63, 3.8) is 0 Å². The van der Waals surface area contributed by atoms with Crippen LogP contribution in [0.15, 0.2) is 34.7 Å². The van der Waals surface area contributed by atoms with Crippen LogP contribution in [0.1, 0.15) is 44.4 Å². The third-order valence-corrected chi connectivity index (χ3v) is 5.57. The Morgan fingerprint density at radius 1 is 1.23 bits per heavy atom. The van der Waals surface area contributed by atoms with Crippen LogP contribution >= 0.6 is 11.3 Å². The van der Waals surface area contributed by atoms with Gasteiger partial charge in [0.05, 0.1) is 5.69 Å². The van der Waals surface area contributed by atoms with Gasteiger partial charge in [0, 0.05) is 4.88 Å². The third kappa shape index (κ3) is 3.51. The van der Waals surface area contributed by atoms with E-state index < -0.39 is 0 Å². The molecule has 6 heteroatoms. The first kappa shape index (κ1) is 16.8. The maximum atomic E-state index is 12.3. The van der Waals surface area contributed by atoms with Crippen LogP contribution in [0.3, 0.4) is 0 Å². The highest BCUT2D eigenvalue weighted by Gasteiger charge is 2.15. The van der Waals surface area contributed by atoms with Crippen molar-refractivity contribution in [2.45, 2.75) is 39.7 Å². The number of carbonyl (C=O) groups excluding carboxylic acids is 1. The van der Waals surface area contributed by atoms with Gasteiger partial charge < -0.3 is 9.15 Å². The predicted octanol–water partition coefficient (Wildman–Crippen LogP) is 4.67. The van der Waals surface area contributed by atoms with Gasteiger partial charge in [0.25, 0.3) is 5.91 Å². The van der Waals surface area contributed by atoms with Crippen LogP contribution in [0.4, 0.5) is 5.13 Å². The van der Waals surface area contributed by atoms with Crippen LogP contribution in [-0.2, 0) is 19.4 Å². The van der Waals surface area contributed by atoms with Crippen molar-refractivity contribution in [2.24, 2.45) is 0 Å². The Balaban J connectivity index is 1.37. The average molecular weight is 368 g/mol. The number of amides is 1. The molecule has 0 atom stereocenters. The average Bonchev–Trinajstić information content (AvgIpc) is 3.33. The van der Waals surface area contributed by atoms with Crippen molar-refractivity contribution < 1.29 is 13.9 Å². The van der Waals surface area contributed by atoms with Crippen LogP contribution in [-0.4, -0.2) is 10.9 Å². The van der Waals surface area contributed by atoms with Crippen LogP contribution in [0, 0.1) is 13.8 Å². The summed E-state index contributed by atoms with van der Waals surface area (Å²) in [6, 6.07) is 9.65. The number of aromatic nitrogens is 1. The number of nitrogens with one attached hydrogen (secondary N) is 1. The number of rotatable bonds is 5. The second kappa shape index (κ2) is 6.96. The quantitative estimate of drug-likeness (QED) is 0.711. The van der Waals surface area contributed by atoms with E-state index >= 15 is 0 Å². The maximum absolute atomic E-state index is 12.3. The van der Waals surface area contributed by atoms with Crippen molar-refractivity contribution in [1.82, 2.24) is 4.98 Å². The van der Waals surface area contributed by atoms with E-state index in [0.717, 1.165) is 29.2 Å². The van der Waals surface area contributed by atoms with Crippen LogP contribution in [0.5, 0.6) is 5.75 Å². The van der Waals surface area contributed by atoms with Crippen molar-refractivity contribution in [2.75, 3.05) is 5.32 Å². The van der Waals surface area contributed by atoms with Gasteiger partial charge in [-0.1, -0.05) is 6.07 Å². The molecule has 0 saturated carbocycles. The first-order valence-electron chi connectivity index (χ1n) is 8.67. The van der Waals surface area contributed by atoms with E-state index in [1.807, 2.05) is 19.9 Å². The van der Waals surface area contributed by atoms with Gasteiger partial charge in [-0.2, -0.15) is 0 Å². The molecule has 26 heavy (non-hydrogen) atoms. The van der Waals surface area contributed by atoms with Gasteiger partial charge in [-0.05, 0) is 68.5 Å². The summed E-state index contributed by atoms with van der Waals surface area (Å²) < 4.78 is 11.4. The summed E-state index contributed by atoms with van der Waals surface area (Å²) in [5.41, 5.74) is 3.71. The fourth-order valence-electron chi connectivity index (χ4n) is 3.05. The highest BCUT2D eigenvalue weighted by atomic mass is 32.1. The number of carbonyl (C=O) groups is 1. The summed E-state index contributed by atoms with van der Waals surface area (Å²) in [5.74, 6) is 1.40. The lowest BCUT2D eigenvalue weighted by atomic mass is 10.1. The Labute approximate surface area is 156 Å². The molecule has 4 rings (SSSR count). The summed E-state index contributed by atoms with van der Waals surface area (Å²) in [5, 5.41) is 3.35. The molecule has 0 fully saturated rings. The van der Waals surface area contributed by atoms with Crippen LogP contribution < -0.4 is 10.1 Å². The Kier molecular flexibility index (Phi) is 4.51. The monoisotopic (exact) mass is 368 g/mol. The van der Waals surface area contributed by atoms with E-state index in [1.165, 1.54) is 28.9 Å². The van der Waals surface area contributed by atoms with Gasteiger partial charge in [0.2, 0.25) is 0 Å². The van der Waals surface area contributed by atoms with Gasteiger partial charge in [0.15, 0.2) is 10.9 Å². The molecule has 1 N–H and O–H groups in total. The summed E-state index contributed by atoms with van der Waals surface area (Å²) in [7, 11) is 0. The number of ether oxygens (including phenoxy) is 1. The van der Waals surface area contributed by atoms with Gasteiger partial charge in [0.1, 0.15) is 18.1 Å². The van der Waals surface area contributed by atoms with Crippen molar-refractivity contribution in [3.05, 3.63) is 63.6 Å². The SMILES string of the molecule is Cc1nc(NC(=O)c2ccc(COc3ccc4c(c3)CCC4)o2)sc1C. The van der Waals surface area contributed by atoms with E-state index in [1.54, 1.807) is 12.1 Å². The smallest absolute Gasteiger partial charge is 0.293 e. The normalized spacial score (nSPS) is 12.8. The summed E-state index contributed by atoms with van der Waals surface area (Å²) >= 11 is 1.45. The maximum Gasteiger partial charge on any atom is 0.293 e. The second-order valence-electron chi connectivity index (χ2n) is 6.45.